The van der Waals surface area contributed by atoms with E-state index in [2.05, 4.69) is 4.98 Å². The van der Waals surface area contributed by atoms with E-state index in [4.69, 9.17) is 18.6 Å². The van der Waals surface area contributed by atoms with Gasteiger partial charge in [-0.1, -0.05) is 6.07 Å². The van der Waals surface area contributed by atoms with Gasteiger partial charge in [-0.2, -0.15) is 0 Å². The lowest BCUT2D eigenvalue weighted by Crippen LogP contribution is -2.29. The highest BCUT2D eigenvalue weighted by atomic mass is 32.1. The van der Waals surface area contributed by atoms with Crippen LogP contribution in [0.4, 0.5) is 5.13 Å². The number of carbonyl (C=O) groups excluding carboxylic acids is 1. The van der Waals surface area contributed by atoms with E-state index >= 15 is 0 Å². The third-order valence-corrected chi connectivity index (χ3v) is 6.27. The summed E-state index contributed by atoms with van der Waals surface area (Å²) >= 11 is 1.30. The Balaban J connectivity index is 1.77. The molecule has 9 heteroatoms. The number of amides is 1. The van der Waals surface area contributed by atoms with Gasteiger partial charge in [0, 0.05) is 17.6 Å². The maximum atomic E-state index is 13.7. The first-order valence-corrected chi connectivity index (χ1v) is 11.1. The fraction of sp³-hybridized carbons (Fsp3) is 0.208. The molecule has 1 atom stereocenters. The van der Waals surface area contributed by atoms with Gasteiger partial charge in [0.2, 0.25) is 5.76 Å². The van der Waals surface area contributed by atoms with Crippen LogP contribution in [0.3, 0.4) is 0 Å². The predicted octanol–water partition coefficient (Wildman–Crippen LogP) is 4.42. The van der Waals surface area contributed by atoms with Crippen molar-refractivity contribution in [1.82, 2.24) is 4.98 Å². The van der Waals surface area contributed by atoms with Crippen molar-refractivity contribution in [2.75, 3.05) is 25.7 Å². The molecule has 8 nitrogen and oxygen atoms in total. The van der Waals surface area contributed by atoms with E-state index in [1.807, 2.05) is 6.92 Å². The molecule has 0 N–H and O–H groups in total. The van der Waals surface area contributed by atoms with Gasteiger partial charge in [0.15, 0.2) is 22.1 Å². The lowest BCUT2D eigenvalue weighted by Gasteiger charge is -2.23. The Labute approximate surface area is 192 Å². The molecule has 0 radical (unpaired) electrons. The quantitative estimate of drug-likeness (QED) is 0.417. The number of nitrogens with zero attached hydrogens (tertiary/aromatic N) is 2. The fourth-order valence-electron chi connectivity index (χ4n) is 4.08. The number of anilines is 1. The van der Waals surface area contributed by atoms with Crippen LogP contribution in [0.15, 0.2) is 57.2 Å². The Morgan fingerprint density at radius 3 is 2.61 bits per heavy atom. The number of methoxy groups -OCH3 is 2. The average molecular weight is 464 g/mol. The molecule has 0 bridgehead atoms. The zero-order valence-corrected chi connectivity index (χ0v) is 19.0. The molecule has 0 aliphatic carbocycles. The monoisotopic (exact) mass is 464 g/mol. The molecule has 4 aromatic rings. The first-order chi connectivity index (χ1) is 16.1. The summed E-state index contributed by atoms with van der Waals surface area (Å²) in [6.45, 7) is 2.34. The summed E-state index contributed by atoms with van der Waals surface area (Å²) in [5.41, 5.74) is 0.957. The second-order valence-electron chi connectivity index (χ2n) is 7.27. The lowest BCUT2D eigenvalue weighted by atomic mass is 9.98. The highest BCUT2D eigenvalue weighted by Crippen LogP contribution is 2.43. The summed E-state index contributed by atoms with van der Waals surface area (Å²) in [6.07, 6.45) is 1.61. The Bertz CT molecular complexity index is 1410. The summed E-state index contributed by atoms with van der Waals surface area (Å²) < 4.78 is 22.3. The molecule has 33 heavy (non-hydrogen) atoms. The third-order valence-electron chi connectivity index (χ3n) is 5.50. The predicted molar refractivity (Wildman–Crippen MR) is 124 cm³/mol. The molecule has 1 aliphatic rings. The van der Waals surface area contributed by atoms with Gasteiger partial charge in [-0.15, -0.1) is 11.3 Å². The van der Waals surface area contributed by atoms with E-state index in [1.54, 1.807) is 55.1 Å². The Morgan fingerprint density at radius 2 is 1.91 bits per heavy atom. The van der Waals surface area contributed by atoms with Crippen LogP contribution in [0, 0.1) is 0 Å². The van der Waals surface area contributed by atoms with Gasteiger partial charge in [0.1, 0.15) is 11.3 Å². The molecule has 0 saturated carbocycles. The van der Waals surface area contributed by atoms with Gasteiger partial charge in [-0.25, -0.2) is 4.98 Å². The maximum absolute atomic E-state index is 13.7. The minimum absolute atomic E-state index is 0.00358. The molecule has 3 heterocycles. The van der Waals surface area contributed by atoms with Crippen molar-refractivity contribution in [2.24, 2.45) is 0 Å². The normalized spacial score (nSPS) is 15.1. The summed E-state index contributed by atoms with van der Waals surface area (Å²) in [7, 11) is 3.08. The Morgan fingerprint density at radius 1 is 1.09 bits per heavy atom. The number of benzene rings is 2. The van der Waals surface area contributed by atoms with Crippen LogP contribution in [-0.4, -0.2) is 31.7 Å². The number of thiazole rings is 1. The second-order valence-corrected chi connectivity index (χ2v) is 8.14. The molecule has 0 spiro atoms. The van der Waals surface area contributed by atoms with E-state index in [-0.39, 0.29) is 16.8 Å². The van der Waals surface area contributed by atoms with Gasteiger partial charge < -0.3 is 18.6 Å². The van der Waals surface area contributed by atoms with Gasteiger partial charge in [0.25, 0.3) is 5.91 Å². The van der Waals surface area contributed by atoms with Crippen molar-refractivity contribution in [2.45, 2.75) is 13.0 Å². The van der Waals surface area contributed by atoms with Crippen LogP contribution >= 0.6 is 11.3 Å². The Hall–Kier alpha value is -3.85. The van der Waals surface area contributed by atoms with E-state index in [9.17, 15) is 9.59 Å². The summed E-state index contributed by atoms with van der Waals surface area (Å²) in [4.78, 5) is 33.0. The molecule has 0 fully saturated rings. The largest absolute Gasteiger partial charge is 0.494 e. The lowest BCUT2D eigenvalue weighted by molar-refractivity contribution is 0.0971. The average Bonchev–Trinajstić information content (AvgIpc) is 3.45. The maximum Gasteiger partial charge on any atom is 0.297 e. The van der Waals surface area contributed by atoms with Gasteiger partial charge in [0.05, 0.1) is 37.8 Å². The number of fused-ring (bicyclic) bond motifs is 2. The summed E-state index contributed by atoms with van der Waals surface area (Å²) in [6, 6.07) is 9.58. The topological polar surface area (TPSA) is 91.1 Å². The molecule has 2 aromatic heterocycles. The minimum Gasteiger partial charge on any atom is -0.494 e. The summed E-state index contributed by atoms with van der Waals surface area (Å²) in [5.74, 6) is 1.16. The van der Waals surface area contributed by atoms with Crippen LogP contribution in [0.1, 0.15) is 34.6 Å². The van der Waals surface area contributed by atoms with Gasteiger partial charge >= 0.3 is 0 Å². The van der Waals surface area contributed by atoms with E-state index < -0.39 is 11.9 Å². The van der Waals surface area contributed by atoms with Crippen LogP contribution in [0.2, 0.25) is 0 Å². The first-order valence-electron chi connectivity index (χ1n) is 10.3. The van der Waals surface area contributed by atoms with E-state index in [0.29, 0.717) is 45.5 Å². The molecular weight excluding hydrogens is 444 g/mol. The highest BCUT2D eigenvalue weighted by molar-refractivity contribution is 7.13. The SMILES string of the molecule is CCOc1ccc2c(=O)c3c(oc2c1)C(=O)N(c1nccs1)C3c1ccc(OC)c(OC)c1. The first kappa shape index (κ1) is 21.0. The molecular formula is C24H20N2O6S. The van der Waals surface area contributed by atoms with Crippen LogP contribution < -0.4 is 24.5 Å². The molecule has 1 amide bonds. The van der Waals surface area contributed by atoms with Crippen molar-refractivity contribution in [3.63, 3.8) is 0 Å². The zero-order valence-electron chi connectivity index (χ0n) is 18.2. The molecule has 2 aromatic carbocycles. The molecule has 5 rings (SSSR count). The smallest absolute Gasteiger partial charge is 0.297 e. The van der Waals surface area contributed by atoms with Crippen LogP contribution in [0.5, 0.6) is 17.2 Å². The standard InChI is InChI=1S/C24H20N2O6S/c1-4-31-14-6-7-15-17(12-14)32-22-19(21(15)27)20(26(23(22)28)24-25-9-10-33-24)13-5-8-16(29-2)18(11-13)30-3/h5-12,20H,4H2,1-3H3. The van der Waals surface area contributed by atoms with Crippen molar-refractivity contribution >= 4 is 33.3 Å². The van der Waals surface area contributed by atoms with Gasteiger partial charge in [-0.3, -0.25) is 14.5 Å². The third kappa shape index (κ3) is 3.32. The number of hydrogen-bond donors (Lipinski definition) is 0. The summed E-state index contributed by atoms with van der Waals surface area (Å²) in [5, 5.41) is 2.61. The molecule has 1 aliphatic heterocycles. The van der Waals surface area contributed by atoms with Crippen LogP contribution in [-0.2, 0) is 0 Å². The minimum atomic E-state index is -0.731. The number of rotatable bonds is 6. The van der Waals surface area contributed by atoms with E-state index in [1.165, 1.54) is 23.3 Å². The second kappa shape index (κ2) is 8.25. The fourth-order valence-corrected chi connectivity index (χ4v) is 4.75. The van der Waals surface area contributed by atoms with E-state index in [0.717, 1.165) is 0 Å². The Kier molecular flexibility index (Phi) is 5.26. The number of carbonyl (C=O) groups is 1. The zero-order chi connectivity index (χ0) is 23.1. The van der Waals surface area contributed by atoms with Crippen molar-refractivity contribution < 1.29 is 23.4 Å². The van der Waals surface area contributed by atoms with Gasteiger partial charge in [-0.05, 0) is 36.8 Å². The molecule has 1 unspecified atom stereocenters. The number of hydrogen-bond acceptors (Lipinski definition) is 8. The molecule has 168 valence electrons. The number of aromatic nitrogens is 1. The highest BCUT2D eigenvalue weighted by Gasteiger charge is 2.45. The van der Waals surface area contributed by atoms with Crippen molar-refractivity contribution in [3.05, 3.63) is 75.1 Å². The molecule has 0 saturated heterocycles. The number of ether oxygens (including phenoxy) is 3. The van der Waals surface area contributed by atoms with Crippen molar-refractivity contribution in [1.29, 1.82) is 0 Å². The van der Waals surface area contributed by atoms with Crippen LogP contribution in [0.25, 0.3) is 11.0 Å². The van der Waals surface area contributed by atoms with Crippen molar-refractivity contribution in [3.8, 4) is 17.2 Å².